The Morgan fingerprint density at radius 2 is 2.07 bits per heavy atom. The molecule has 0 spiro atoms. The molecule has 0 aromatic heterocycles. The Balaban J connectivity index is 1.50. The van der Waals surface area contributed by atoms with Crippen LogP contribution < -0.4 is 4.72 Å². The van der Waals surface area contributed by atoms with Crippen LogP contribution in [0.4, 0.5) is 0 Å². The number of fused-ring (bicyclic) bond motifs is 1. The maximum atomic E-state index is 12.8. The highest BCUT2D eigenvalue weighted by atomic mass is 32.3. The lowest BCUT2D eigenvalue weighted by molar-refractivity contribution is -0.118. The summed E-state index contributed by atoms with van der Waals surface area (Å²) >= 11 is 1.18. The largest absolute Gasteiger partial charge is 0.385 e. The molecule has 2 aliphatic carbocycles. The SMILES string of the molecule is CC(C)c1ccc2c(c1CC(=O)NS(=O)(=O)C1CC(C3(O)CC3)=CS1)C(C)CC2. The number of hydrogen-bond acceptors (Lipinski definition) is 5. The van der Waals surface area contributed by atoms with E-state index in [4.69, 9.17) is 0 Å². The monoisotopic (exact) mass is 435 g/mol. The molecule has 3 aliphatic rings. The summed E-state index contributed by atoms with van der Waals surface area (Å²) in [7, 11) is -3.81. The molecule has 7 heteroatoms. The molecule has 2 N–H and O–H groups in total. The molecule has 0 radical (unpaired) electrons. The molecule has 1 saturated carbocycles. The first kappa shape index (κ1) is 20.9. The lowest BCUT2D eigenvalue weighted by atomic mass is 9.87. The Hall–Kier alpha value is -1.31. The number of hydrogen-bond donors (Lipinski definition) is 2. The van der Waals surface area contributed by atoms with Crippen LogP contribution in [0.3, 0.4) is 0 Å². The van der Waals surface area contributed by atoms with Gasteiger partial charge in [0.05, 0.1) is 12.0 Å². The van der Waals surface area contributed by atoms with E-state index >= 15 is 0 Å². The summed E-state index contributed by atoms with van der Waals surface area (Å²) in [6.45, 7) is 6.38. The topological polar surface area (TPSA) is 83.5 Å². The lowest BCUT2D eigenvalue weighted by Gasteiger charge is -2.20. The molecule has 1 amide bonds. The minimum Gasteiger partial charge on any atom is -0.385 e. The zero-order chi connectivity index (χ0) is 21.0. The quantitative estimate of drug-likeness (QED) is 0.712. The van der Waals surface area contributed by atoms with E-state index in [0.29, 0.717) is 18.8 Å². The maximum Gasteiger partial charge on any atom is 0.247 e. The summed E-state index contributed by atoms with van der Waals surface area (Å²) in [5.41, 5.74) is 4.61. The molecule has 2 unspecified atom stereocenters. The maximum absolute atomic E-state index is 12.8. The minimum atomic E-state index is -3.81. The van der Waals surface area contributed by atoms with Crippen LogP contribution >= 0.6 is 11.8 Å². The Kier molecular flexibility index (Phi) is 5.37. The van der Waals surface area contributed by atoms with Gasteiger partial charge in [0.15, 0.2) is 0 Å². The van der Waals surface area contributed by atoms with E-state index < -0.39 is 26.1 Å². The summed E-state index contributed by atoms with van der Waals surface area (Å²) in [5.74, 6) is 0.182. The Morgan fingerprint density at radius 1 is 1.34 bits per heavy atom. The van der Waals surface area contributed by atoms with Crippen LogP contribution in [0.5, 0.6) is 0 Å². The number of sulfonamides is 1. The first-order chi connectivity index (χ1) is 13.6. The van der Waals surface area contributed by atoms with Crippen molar-refractivity contribution in [2.75, 3.05) is 0 Å². The number of carbonyl (C=O) groups excluding carboxylic acids is 1. The van der Waals surface area contributed by atoms with Gasteiger partial charge >= 0.3 is 0 Å². The van der Waals surface area contributed by atoms with Crippen LogP contribution in [0.1, 0.15) is 80.5 Å². The van der Waals surface area contributed by atoms with E-state index in [9.17, 15) is 18.3 Å². The van der Waals surface area contributed by atoms with Crippen molar-refractivity contribution in [3.8, 4) is 0 Å². The van der Waals surface area contributed by atoms with Crippen LogP contribution in [0.25, 0.3) is 0 Å². The normalized spacial score (nSPS) is 25.1. The fraction of sp³-hybridized carbons (Fsp3) is 0.591. The smallest absolute Gasteiger partial charge is 0.247 e. The third kappa shape index (κ3) is 4.01. The number of amides is 1. The second-order valence-electron chi connectivity index (χ2n) is 8.99. The third-order valence-electron chi connectivity index (χ3n) is 6.45. The highest BCUT2D eigenvalue weighted by Crippen LogP contribution is 2.49. The van der Waals surface area contributed by atoms with Crippen LogP contribution in [0.2, 0.25) is 0 Å². The first-order valence-corrected chi connectivity index (χ1v) is 12.9. The van der Waals surface area contributed by atoms with Crippen molar-refractivity contribution in [2.24, 2.45) is 0 Å². The molecule has 5 nitrogen and oxygen atoms in total. The second-order valence-corrected chi connectivity index (χ2v) is 12.2. The van der Waals surface area contributed by atoms with Gasteiger partial charge in [-0.15, -0.1) is 11.8 Å². The summed E-state index contributed by atoms with van der Waals surface area (Å²) in [6.07, 6.45) is 3.82. The lowest BCUT2D eigenvalue weighted by Crippen LogP contribution is -2.37. The number of carbonyl (C=O) groups is 1. The van der Waals surface area contributed by atoms with E-state index in [-0.39, 0.29) is 18.8 Å². The number of benzene rings is 1. The molecule has 1 fully saturated rings. The molecular formula is C22H29NO4S2. The van der Waals surface area contributed by atoms with E-state index in [1.807, 2.05) is 0 Å². The van der Waals surface area contributed by atoms with Crippen LogP contribution in [0.15, 0.2) is 23.1 Å². The van der Waals surface area contributed by atoms with Crippen molar-refractivity contribution in [3.05, 3.63) is 45.4 Å². The summed E-state index contributed by atoms with van der Waals surface area (Å²) < 4.78 is 27.1. The predicted molar refractivity (Wildman–Crippen MR) is 116 cm³/mol. The van der Waals surface area contributed by atoms with Gasteiger partial charge in [-0.05, 0) is 70.8 Å². The van der Waals surface area contributed by atoms with Crippen molar-refractivity contribution in [2.45, 2.75) is 81.3 Å². The number of aliphatic hydroxyl groups is 1. The van der Waals surface area contributed by atoms with E-state index in [2.05, 4.69) is 37.6 Å². The molecule has 158 valence electrons. The Labute approximate surface area is 177 Å². The second kappa shape index (κ2) is 7.43. The standard InChI is InChI=1S/C22H29NO4S2/c1-13(2)17-7-6-15-5-4-14(3)21(15)18(17)11-19(24)23-29(26,27)20-10-16(12-28-20)22(25)8-9-22/h6-7,12-14,20,25H,4-5,8-11H2,1-3H3,(H,23,24). The third-order valence-corrected chi connectivity index (χ3v) is 9.81. The molecule has 2 atom stereocenters. The number of aryl methyl sites for hydroxylation is 1. The fourth-order valence-electron chi connectivity index (χ4n) is 4.59. The molecule has 4 rings (SSSR count). The van der Waals surface area contributed by atoms with Crippen LogP contribution in [0, 0.1) is 0 Å². The zero-order valence-electron chi connectivity index (χ0n) is 17.2. The fourth-order valence-corrected chi connectivity index (χ4v) is 7.32. The molecule has 0 saturated heterocycles. The average Bonchev–Trinajstić information content (AvgIpc) is 3.07. The van der Waals surface area contributed by atoms with E-state index in [0.717, 1.165) is 29.5 Å². The molecule has 0 bridgehead atoms. The van der Waals surface area contributed by atoms with Crippen molar-refractivity contribution in [1.29, 1.82) is 0 Å². The van der Waals surface area contributed by atoms with Gasteiger partial charge in [0, 0.05) is 6.42 Å². The van der Waals surface area contributed by atoms with Gasteiger partial charge in [-0.3, -0.25) is 9.52 Å². The van der Waals surface area contributed by atoms with Crippen LogP contribution in [-0.2, 0) is 27.7 Å². The van der Waals surface area contributed by atoms with Gasteiger partial charge < -0.3 is 5.11 Å². The summed E-state index contributed by atoms with van der Waals surface area (Å²) in [6, 6.07) is 4.26. The molecule has 1 aromatic rings. The number of rotatable bonds is 6. The zero-order valence-corrected chi connectivity index (χ0v) is 18.8. The highest BCUT2D eigenvalue weighted by molar-refractivity contribution is 8.14. The van der Waals surface area contributed by atoms with Gasteiger partial charge in [0.2, 0.25) is 15.9 Å². The molecule has 1 heterocycles. The van der Waals surface area contributed by atoms with Gasteiger partial charge in [-0.2, -0.15) is 0 Å². The van der Waals surface area contributed by atoms with Gasteiger partial charge in [0.1, 0.15) is 4.58 Å². The van der Waals surface area contributed by atoms with Crippen molar-refractivity contribution in [3.63, 3.8) is 0 Å². The van der Waals surface area contributed by atoms with E-state index in [1.54, 1.807) is 5.41 Å². The number of thioether (sulfide) groups is 1. The molecular weight excluding hydrogens is 406 g/mol. The number of nitrogens with one attached hydrogen (secondary N) is 1. The summed E-state index contributed by atoms with van der Waals surface area (Å²) in [4.78, 5) is 12.8. The van der Waals surface area contributed by atoms with Crippen LogP contribution in [-0.4, -0.2) is 29.6 Å². The first-order valence-electron chi connectivity index (χ1n) is 10.4. The van der Waals surface area contributed by atoms with Crippen molar-refractivity contribution < 1.29 is 18.3 Å². The van der Waals surface area contributed by atoms with Crippen molar-refractivity contribution in [1.82, 2.24) is 4.72 Å². The van der Waals surface area contributed by atoms with E-state index in [1.165, 1.54) is 22.9 Å². The average molecular weight is 436 g/mol. The Morgan fingerprint density at radius 3 is 2.72 bits per heavy atom. The van der Waals surface area contributed by atoms with Crippen molar-refractivity contribution >= 4 is 27.7 Å². The van der Waals surface area contributed by atoms with Gasteiger partial charge in [-0.1, -0.05) is 32.9 Å². The van der Waals surface area contributed by atoms with Gasteiger partial charge in [0.25, 0.3) is 0 Å². The van der Waals surface area contributed by atoms with Gasteiger partial charge in [-0.25, -0.2) is 8.42 Å². The Bertz CT molecular complexity index is 977. The predicted octanol–water partition coefficient (Wildman–Crippen LogP) is 3.72. The molecule has 1 aromatic carbocycles. The molecule has 1 aliphatic heterocycles. The minimum absolute atomic E-state index is 0.0852. The molecule has 29 heavy (non-hydrogen) atoms. The highest BCUT2D eigenvalue weighted by Gasteiger charge is 2.48. The summed E-state index contributed by atoms with van der Waals surface area (Å²) in [5, 5.41) is 12.0.